The van der Waals surface area contributed by atoms with E-state index in [0.717, 1.165) is 23.9 Å². The van der Waals surface area contributed by atoms with Crippen molar-refractivity contribution in [2.75, 3.05) is 11.9 Å². The molecule has 1 fully saturated rings. The molecule has 0 spiro atoms. The fraction of sp³-hybridized carbons (Fsp3) is 0.714. The SMILES string of the molecule is Cc1cc(CNC(C)C)nc(N(C)C2CCC2)n1. The Morgan fingerprint density at radius 3 is 2.67 bits per heavy atom. The van der Waals surface area contributed by atoms with Gasteiger partial charge in [-0.15, -0.1) is 0 Å². The Kier molecular flexibility index (Phi) is 4.17. The first kappa shape index (κ1) is 13.3. The summed E-state index contributed by atoms with van der Waals surface area (Å²) in [4.78, 5) is 11.4. The molecule has 18 heavy (non-hydrogen) atoms. The summed E-state index contributed by atoms with van der Waals surface area (Å²) in [6, 6.07) is 3.18. The minimum atomic E-state index is 0.480. The molecule has 1 aliphatic carbocycles. The highest BCUT2D eigenvalue weighted by Gasteiger charge is 2.24. The highest BCUT2D eigenvalue weighted by atomic mass is 15.3. The molecule has 0 atom stereocenters. The van der Waals surface area contributed by atoms with E-state index in [9.17, 15) is 0 Å². The van der Waals surface area contributed by atoms with Gasteiger partial charge in [-0.3, -0.25) is 0 Å². The molecular formula is C14H24N4. The Morgan fingerprint density at radius 1 is 1.39 bits per heavy atom. The summed E-state index contributed by atoms with van der Waals surface area (Å²) in [5.74, 6) is 0.875. The van der Waals surface area contributed by atoms with Gasteiger partial charge in [-0.1, -0.05) is 13.8 Å². The zero-order chi connectivity index (χ0) is 13.1. The van der Waals surface area contributed by atoms with Crippen LogP contribution in [0.1, 0.15) is 44.5 Å². The molecule has 1 heterocycles. The quantitative estimate of drug-likeness (QED) is 0.868. The predicted octanol–water partition coefficient (Wildman–Crippen LogP) is 2.27. The lowest BCUT2D eigenvalue weighted by Gasteiger charge is -2.34. The van der Waals surface area contributed by atoms with Crippen LogP contribution in [0.25, 0.3) is 0 Å². The van der Waals surface area contributed by atoms with Crippen molar-refractivity contribution in [1.82, 2.24) is 15.3 Å². The Morgan fingerprint density at radius 2 is 2.11 bits per heavy atom. The fourth-order valence-corrected chi connectivity index (χ4v) is 2.11. The van der Waals surface area contributed by atoms with Gasteiger partial charge in [0.05, 0.1) is 5.69 Å². The van der Waals surface area contributed by atoms with Crippen LogP contribution in [0.4, 0.5) is 5.95 Å². The number of hydrogen-bond acceptors (Lipinski definition) is 4. The summed E-state index contributed by atoms with van der Waals surface area (Å²) < 4.78 is 0. The monoisotopic (exact) mass is 248 g/mol. The highest BCUT2D eigenvalue weighted by Crippen LogP contribution is 2.26. The third kappa shape index (κ3) is 3.19. The summed E-state index contributed by atoms with van der Waals surface area (Å²) in [7, 11) is 2.11. The Hall–Kier alpha value is -1.16. The van der Waals surface area contributed by atoms with Gasteiger partial charge in [-0.25, -0.2) is 9.97 Å². The van der Waals surface area contributed by atoms with Gasteiger partial charge in [-0.05, 0) is 32.3 Å². The maximum Gasteiger partial charge on any atom is 0.225 e. The van der Waals surface area contributed by atoms with Crippen molar-refractivity contribution in [3.8, 4) is 0 Å². The second-order valence-corrected chi connectivity index (χ2v) is 5.53. The van der Waals surface area contributed by atoms with Gasteiger partial charge >= 0.3 is 0 Å². The number of aryl methyl sites for hydroxylation is 1. The molecule has 1 aliphatic rings. The van der Waals surface area contributed by atoms with Crippen LogP contribution in [0.15, 0.2) is 6.07 Å². The molecule has 2 rings (SSSR count). The van der Waals surface area contributed by atoms with E-state index in [1.54, 1.807) is 0 Å². The van der Waals surface area contributed by atoms with Crippen molar-refractivity contribution in [1.29, 1.82) is 0 Å². The molecule has 1 N–H and O–H groups in total. The Labute approximate surface area is 110 Å². The first-order chi connectivity index (χ1) is 8.56. The minimum absolute atomic E-state index is 0.480. The lowest BCUT2D eigenvalue weighted by molar-refractivity contribution is 0.396. The average molecular weight is 248 g/mol. The van der Waals surface area contributed by atoms with Gasteiger partial charge < -0.3 is 10.2 Å². The molecule has 0 aromatic carbocycles. The van der Waals surface area contributed by atoms with Crippen molar-refractivity contribution >= 4 is 5.95 Å². The van der Waals surface area contributed by atoms with Gasteiger partial charge in [0, 0.05) is 31.4 Å². The summed E-state index contributed by atoms with van der Waals surface area (Å²) >= 11 is 0. The molecule has 0 saturated heterocycles. The van der Waals surface area contributed by atoms with E-state index < -0.39 is 0 Å². The van der Waals surface area contributed by atoms with Crippen LogP contribution in [-0.2, 0) is 6.54 Å². The number of rotatable bonds is 5. The van der Waals surface area contributed by atoms with Crippen LogP contribution in [0, 0.1) is 6.92 Å². The summed E-state index contributed by atoms with van der Waals surface area (Å²) in [6.07, 6.45) is 3.88. The minimum Gasteiger partial charge on any atom is -0.341 e. The van der Waals surface area contributed by atoms with Gasteiger partial charge in [-0.2, -0.15) is 0 Å². The third-order valence-corrected chi connectivity index (χ3v) is 3.52. The fourth-order valence-electron chi connectivity index (χ4n) is 2.11. The first-order valence-electron chi connectivity index (χ1n) is 6.87. The zero-order valence-corrected chi connectivity index (χ0v) is 11.9. The molecule has 100 valence electrons. The van der Waals surface area contributed by atoms with Crippen LogP contribution in [-0.4, -0.2) is 29.1 Å². The topological polar surface area (TPSA) is 41.1 Å². The predicted molar refractivity (Wildman–Crippen MR) is 74.8 cm³/mol. The summed E-state index contributed by atoms with van der Waals surface area (Å²) in [6.45, 7) is 7.15. The number of aromatic nitrogens is 2. The average Bonchev–Trinajstić information content (AvgIpc) is 2.23. The van der Waals surface area contributed by atoms with Crippen LogP contribution in [0.5, 0.6) is 0 Å². The van der Waals surface area contributed by atoms with Crippen molar-refractivity contribution in [3.63, 3.8) is 0 Å². The highest BCUT2D eigenvalue weighted by molar-refractivity contribution is 5.33. The van der Waals surface area contributed by atoms with E-state index in [0.29, 0.717) is 12.1 Å². The molecule has 0 bridgehead atoms. The Balaban J connectivity index is 2.09. The smallest absolute Gasteiger partial charge is 0.225 e. The van der Waals surface area contributed by atoms with Gasteiger partial charge in [0.2, 0.25) is 5.95 Å². The van der Waals surface area contributed by atoms with E-state index in [1.165, 1.54) is 19.3 Å². The summed E-state index contributed by atoms with van der Waals surface area (Å²) in [5.41, 5.74) is 2.13. The van der Waals surface area contributed by atoms with Crippen LogP contribution in [0.2, 0.25) is 0 Å². The maximum atomic E-state index is 4.66. The van der Waals surface area contributed by atoms with Gasteiger partial charge in [0.25, 0.3) is 0 Å². The van der Waals surface area contributed by atoms with Gasteiger partial charge in [0.1, 0.15) is 0 Å². The van der Waals surface area contributed by atoms with Crippen molar-refractivity contribution in [2.24, 2.45) is 0 Å². The van der Waals surface area contributed by atoms with E-state index in [-0.39, 0.29) is 0 Å². The molecule has 0 aliphatic heterocycles. The lowest BCUT2D eigenvalue weighted by Crippen LogP contribution is -2.38. The van der Waals surface area contributed by atoms with Crippen LogP contribution in [0.3, 0.4) is 0 Å². The van der Waals surface area contributed by atoms with E-state index in [4.69, 9.17) is 0 Å². The molecule has 0 unspecified atom stereocenters. The molecule has 0 amide bonds. The first-order valence-corrected chi connectivity index (χ1v) is 6.87. The molecule has 1 aromatic rings. The Bertz CT molecular complexity index is 399. The second kappa shape index (κ2) is 5.65. The van der Waals surface area contributed by atoms with E-state index in [2.05, 4.69) is 47.1 Å². The second-order valence-electron chi connectivity index (χ2n) is 5.53. The number of hydrogen-bond donors (Lipinski definition) is 1. The van der Waals surface area contributed by atoms with E-state index in [1.807, 2.05) is 6.92 Å². The molecule has 1 aromatic heterocycles. The van der Waals surface area contributed by atoms with Crippen LogP contribution >= 0.6 is 0 Å². The zero-order valence-electron chi connectivity index (χ0n) is 11.9. The normalized spacial score (nSPS) is 15.8. The molecule has 1 saturated carbocycles. The van der Waals surface area contributed by atoms with Crippen LogP contribution < -0.4 is 10.2 Å². The third-order valence-electron chi connectivity index (χ3n) is 3.52. The molecule has 0 radical (unpaired) electrons. The van der Waals surface area contributed by atoms with E-state index >= 15 is 0 Å². The number of anilines is 1. The molecule has 4 nitrogen and oxygen atoms in total. The summed E-state index contributed by atoms with van der Waals surface area (Å²) in [5, 5.41) is 3.40. The largest absolute Gasteiger partial charge is 0.341 e. The van der Waals surface area contributed by atoms with Crippen molar-refractivity contribution in [2.45, 2.75) is 58.7 Å². The number of nitrogens with one attached hydrogen (secondary N) is 1. The molecule has 4 heteroatoms. The number of nitrogens with zero attached hydrogens (tertiary/aromatic N) is 3. The molecular weight excluding hydrogens is 224 g/mol. The van der Waals surface area contributed by atoms with Crippen molar-refractivity contribution < 1.29 is 0 Å². The lowest BCUT2D eigenvalue weighted by atomic mass is 9.92. The maximum absolute atomic E-state index is 4.66. The van der Waals surface area contributed by atoms with Gasteiger partial charge in [0.15, 0.2) is 0 Å². The van der Waals surface area contributed by atoms with Crippen molar-refractivity contribution in [3.05, 3.63) is 17.5 Å². The standard InChI is InChI=1S/C14H24N4/c1-10(2)15-9-12-8-11(3)16-14(17-12)18(4)13-6-5-7-13/h8,10,13,15H,5-7,9H2,1-4H3.